The second kappa shape index (κ2) is 7.58. The molecule has 10 heteroatoms. The summed E-state index contributed by atoms with van der Waals surface area (Å²) < 4.78 is 29.9. The lowest BCUT2D eigenvalue weighted by molar-refractivity contribution is -0.136. The summed E-state index contributed by atoms with van der Waals surface area (Å²) in [5, 5.41) is 10.1. The second-order valence-electron chi connectivity index (χ2n) is 8.18. The molecule has 2 aliphatic rings. The molecule has 0 bridgehead atoms. The summed E-state index contributed by atoms with van der Waals surface area (Å²) in [7, 11) is 0. The number of para-hydroxylation sites is 1. The lowest BCUT2D eigenvalue weighted by atomic mass is 10.0. The van der Waals surface area contributed by atoms with Gasteiger partial charge in [0.25, 0.3) is 5.91 Å². The van der Waals surface area contributed by atoms with Gasteiger partial charge in [0.2, 0.25) is 17.6 Å². The van der Waals surface area contributed by atoms with Crippen LogP contribution in [0, 0.1) is 0 Å². The van der Waals surface area contributed by atoms with Crippen molar-refractivity contribution >= 4 is 17.7 Å². The van der Waals surface area contributed by atoms with Crippen molar-refractivity contribution < 1.29 is 23.2 Å². The van der Waals surface area contributed by atoms with E-state index in [1.807, 2.05) is 0 Å². The van der Waals surface area contributed by atoms with E-state index in [4.69, 9.17) is 0 Å². The van der Waals surface area contributed by atoms with E-state index in [0.717, 1.165) is 6.92 Å². The topological polar surface area (TPSA) is 97.2 Å². The van der Waals surface area contributed by atoms with Crippen LogP contribution in [-0.2, 0) is 22.1 Å². The molecule has 2 aliphatic heterocycles. The van der Waals surface area contributed by atoms with E-state index in [-0.39, 0.29) is 37.0 Å². The molecule has 0 spiro atoms. The van der Waals surface area contributed by atoms with Crippen LogP contribution in [0.1, 0.15) is 41.5 Å². The summed E-state index contributed by atoms with van der Waals surface area (Å²) in [5.41, 5.74) is 2.07. The number of hydrogen-bond donors (Lipinski definition) is 1. The van der Waals surface area contributed by atoms with E-state index in [0.29, 0.717) is 22.4 Å². The molecule has 1 unspecified atom stereocenters. The van der Waals surface area contributed by atoms with Crippen molar-refractivity contribution in [3.8, 4) is 17.1 Å². The third kappa shape index (κ3) is 3.57. The number of nitrogens with one attached hydrogen (secondary N) is 1. The molecule has 1 atom stereocenters. The van der Waals surface area contributed by atoms with Crippen LogP contribution in [-0.4, -0.2) is 43.4 Å². The lowest BCUT2D eigenvalue weighted by Gasteiger charge is -2.29. The lowest BCUT2D eigenvalue weighted by Crippen LogP contribution is -2.52. The summed E-state index contributed by atoms with van der Waals surface area (Å²) in [5.74, 6) is -4.66. The van der Waals surface area contributed by atoms with Crippen molar-refractivity contribution in [2.75, 3.05) is 0 Å². The van der Waals surface area contributed by atoms with Gasteiger partial charge in [-0.1, -0.05) is 24.3 Å². The van der Waals surface area contributed by atoms with Crippen LogP contribution in [0.2, 0.25) is 0 Å². The van der Waals surface area contributed by atoms with Crippen molar-refractivity contribution in [1.82, 2.24) is 25.0 Å². The summed E-state index contributed by atoms with van der Waals surface area (Å²) >= 11 is 0. The number of hydrogen-bond acceptors (Lipinski definition) is 5. The molecule has 1 saturated heterocycles. The first kappa shape index (κ1) is 20.9. The molecular formula is C23H19F2N5O3. The molecule has 1 aromatic heterocycles. The number of benzene rings is 2. The van der Waals surface area contributed by atoms with Gasteiger partial charge in [0.1, 0.15) is 6.04 Å². The summed E-state index contributed by atoms with van der Waals surface area (Å²) in [6.45, 7) is 0.935. The van der Waals surface area contributed by atoms with Crippen LogP contribution < -0.4 is 5.32 Å². The zero-order valence-electron chi connectivity index (χ0n) is 17.6. The van der Waals surface area contributed by atoms with E-state index in [1.165, 1.54) is 9.47 Å². The van der Waals surface area contributed by atoms with Gasteiger partial charge in [0, 0.05) is 36.7 Å². The minimum absolute atomic E-state index is 0.163. The maximum Gasteiger partial charge on any atom is 0.304 e. The smallest absolute Gasteiger partial charge is 0.304 e. The Kier molecular flexibility index (Phi) is 4.80. The number of alkyl halides is 2. The van der Waals surface area contributed by atoms with Gasteiger partial charge < -0.3 is 4.90 Å². The molecule has 168 valence electrons. The van der Waals surface area contributed by atoms with Gasteiger partial charge >= 0.3 is 5.92 Å². The molecular weight excluding hydrogens is 432 g/mol. The van der Waals surface area contributed by atoms with Gasteiger partial charge in [-0.05, 0) is 36.2 Å². The number of halogens is 2. The molecule has 0 aliphatic carbocycles. The van der Waals surface area contributed by atoms with E-state index in [1.54, 1.807) is 48.5 Å². The van der Waals surface area contributed by atoms with E-state index < -0.39 is 23.7 Å². The Labute approximate surface area is 187 Å². The average Bonchev–Trinajstić information content (AvgIpc) is 3.36. The van der Waals surface area contributed by atoms with E-state index in [9.17, 15) is 23.2 Å². The number of imide groups is 1. The zero-order chi connectivity index (χ0) is 23.3. The molecule has 8 nitrogen and oxygen atoms in total. The Morgan fingerprint density at radius 3 is 2.52 bits per heavy atom. The number of piperidine rings is 1. The molecule has 3 heterocycles. The molecule has 0 saturated carbocycles. The Balaban J connectivity index is 1.54. The van der Waals surface area contributed by atoms with Crippen molar-refractivity contribution in [1.29, 1.82) is 0 Å². The van der Waals surface area contributed by atoms with Crippen molar-refractivity contribution in [2.45, 2.75) is 38.3 Å². The van der Waals surface area contributed by atoms with Gasteiger partial charge in [-0.2, -0.15) is 8.78 Å². The SMILES string of the molecule is CC(F)(F)c1nnc(-c2ccc3c(c2)CN(C2CCC(=O)NC2=O)C3=O)n1-c1ccccc1. The van der Waals surface area contributed by atoms with E-state index >= 15 is 0 Å². The van der Waals surface area contributed by atoms with Crippen LogP contribution >= 0.6 is 0 Å². The summed E-state index contributed by atoms with van der Waals surface area (Å²) in [6, 6.07) is 12.8. The number of aromatic nitrogens is 3. The average molecular weight is 451 g/mol. The standard InChI is InChI=1S/C23H19F2N5O3/c1-23(24,25)22-28-27-19(30(22)15-5-3-2-4-6-15)13-7-8-16-14(11-13)12-29(21(16)33)17-9-10-18(31)26-20(17)32/h2-8,11,17H,9-10,12H2,1H3,(H,26,31,32). The van der Waals surface area contributed by atoms with Gasteiger partial charge in [-0.15, -0.1) is 10.2 Å². The van der Waals surface area contributed by atoms with Gasteiger partial charge in [-0.25, -0.2) is 0 Å². The number of amides is 3. The molecule has 5 rings (SSSR count). The van der Waals surface area contributed by atoms with E-state index in [2.05, 4.69) is 15.5 Å². The minimum atomic E-state index is -3.23. The van der Waals surface area contributed by atoms with Gasteiger partial charge in [-0.3, -0.25) is 24.3 Å². The number of carbonyl (C=O) groups excluding carboxylic acids is 3. The Bertz CT molecular complexity index is 1280. The minimum Gasteiger partial charge on any atom is -0.322 e. The van der Waals surface area contributed by atoms with Gasteiger partial charge in [0.05, 0.1) is 0 Å². The fraction of sp³-hybridized carbons (Fsp3) is 0.261. The molecule has 1 fully saturated rings. The van der Waals surface area contributed by atoms with Crippen molar-refractivity contribution in [3.05, 3.63) is 65.5 Å². The highest BCUT2D eigenvalue weighted by Crippen LogP contribution is 2.34. The molecule has 33 heavy (non-hydrogen) atoms. The highest BCUT2D eigenvalue weighted by Gasteiger charge is 2.39. The molecule has 2 aromatic carbocycles. The predicted molar refractivity (Wildman–Crippen MR) is 112 cm³/mol. The second-order valence-corrected chi connectivity index (χ2v) is 8.18. The van der Waals surface area contributed by atoms with Gasteiger partial charge in [0.15, 0.2) is 5.82 Å². The fourth-order valence-electron chi connectivity index (χ4n) is 4.29. The molecule has 3 aromatic rings. The highest BCUT2D eigenvalue weighted by atomic mass is 19.3. The van der Waals surface area contributed by atoms with Crippen LogP contribution in [0.4, 0.5) is 8.78 Å². The number of rotatable bonds is 4. The van der Waals surface area contributed by atoms with Crippen LogP contribution in [0.3, 0.4) is 0 Å². The Morgan fingerprint density at radius 2 is 1.82 bits per heavy atom. The number of nitrogens with zero attached hydrogens (tertiary/aromatic N) is 4. The monoisotopic (exact) mass is 451 g/mol. The van der Waals surface area contributed by atoms with Crippen molar-refractivity contribution in [3.63, 3.8) is 0 Å². The zero-order valence-corrected chi connectivity index (χ0v) is 17.6. The largest absolute Gasteiger partial charge is 0.322 e. The molecule has 3 amide bonds. The highest BCUT2D eigenvalue weighted by molar-refractivity contribution is 6.05. The first-order valence-electron chi connectivity index (χ1n) is 10.4. The first-order chi connectivity index (χ1) is 15.7. The molecule has 0 radical (unpaired) electrons. The maximum atomic E-state index is 14.3. The number of carbonyl (C=O) groups is 3. The van der Waals surface area contributed by atoms with Crippen LogP contribution in [0.5, 0.6) is 0 Å². The maximum absolute atomic E-state index is 14.3. The quantitative estimate of drug-likeness (QED) is 0.616. The van der Waals surface area contributed by atoms with Crippen molar-refractivity contribution in [2.24, 2.45) is 0 Å². The number of fused-ring (bicyclic) bond motifs is 1. The fourth-order valence-corrected chi connectivity index (χ4v) is 4.29. The van der Waals surface area contributed by atoms with Crippen LogP contribution in [0.25, 0.3) is 17.1 Å². The normalized spacial score (nSPS) is 18.5. The predicted octanol–water partition coefficient (Wildman–Crippen LogP) is 2.81. The molecule has 1 N–H and O–H groups in total. The summed E-state index contributed by atoms with van der Waals surface area (Å²) in [4.78, 5) is 38.1. The van der Waals surface area contributed by atoms with Crippen LogP contribution in [0.15, 0.2) is 48.5 Å². The third-order valence-corrected chi connectivity index (χ3v) is 5.85. The third-order valence-electron chi connectivity index (χ3n) is 5.85. The summed E-state index contributed by atoms with van der Waals surface area (Å²) in [6.07, 6.45) is 0.421. The Hall–Kier alpha value is -3.95. The first-order valence-corrected chi connectivity index (χ1v) is 10.4. The Morgan fingerprint density at radius 1 is 1.06 bits per heavy atom.